The van der Waals surface area contributed by atoms with E-state index in [0.29, 0.717) is 12.4 Å². The fourth-order valence-corrected chi connectivity index (χ4v) is 5.23. The lowest BCUT2D eigenvalue weighted by Gasteiger charge is -2.20. The number of aryl methyl sites for hydroxylation is 2. The smallest absolute Gasteiger partial charge is 0.235 e. The van der Waals surface area contributed by atoms with Gasteiger partial charge in [-0.1, -0.05) is 6.07 Å². The molecule has 0 unspecified atom stereocenters. The number of nitrogens with one attached hydrogen (secondary N) is 1. The number of amides is 1. The molecule has 1 atom stereocenters. The highest BCUT2D eigenvalue weighted by Crippen LogP contribution is 2.45. The number of carbonyl (C=O) groups is 1. The van der Waals surface area contributed by atoms with Crippen LogP contribution in [0.2, 0.25) is 0 Å². The molecule has 0 radical (unpaired) electrons. The number of hydrogen-bond donors (Lipinski definition) is 1. The van der Waals surface area contributed by atoms with E-state index in [-0.39, 0.29) is 17.3 Å². The molecule has 6 nitrogen and oxygen atoms in total. The van der Waals surface area contributed by atoms with E-state index in [2.05, 4.69) is 22.5 Å². The summed E-state index contributed by atoms with van der Waals surface area (Å²) in [5.74, 6) is 2.78. The van der Waals surface area contributed by atoms with E-state index in [0.717, 1.165) is 47.0 Å². The molecule has 2 heterocycles. The van der Waals surface area contributed by atoms with E-state index in [1.54, 1.807) is 16.4 Å². The first kappa shape index (κ1) is 19.2. The van der Waals surface area contributed by atoms with Gasteiger partial charge in [0.25, 0.3) is 0 Å². The lowest BCUT2D eigenvalue weighted by Crippen LogP contribution is -2.15. The summed E-state index contributed by atoms with van der Waals surface area (Å²) in [4.78, 5) is 12.2. The zero-order valence-corrected chi connectivity index (χ0v) is 17.5. The molecule has 1 amide bonds. The van der Waals surface area contributed by atoms with Crippen molar-refractivity contribution in [3.63, 3.8) is 0 Å². The Hall–Kier alpha value is -2.15. The molecule has 2 aromatic rings. The van der Waals surface area contributed by atoms with E-state index in [9.17, 15) is 4.79 Å². The quantitative estimate of drug-likeness (QED) is 0.812. The van der Waals surface area contributed by atoms with Crippen LogP contribution < -0.4 is 14.8 Å². The second kappa shape index (κ2) is 8.07. The maximum atomic E-state index is 12.2. The molecule has 0 saturated heterocycles. The highest BCUT2D eigenvalue weighted by atomic mass is 32.2. The number of rotatable bonds is 5. The molecule has 2 aliphatic rings. The molecule has 1 aliphatic heterocycles. The molecule has 0 spiro atoms. The van der Waals surface area contributed by atoms with Crippen LogP contribution in [0.25, 0.3) is 0 Å². The Balaban J connectivity index is 1.70. The van der Waals surface area contributed by atoms with Gasteiger partial charge in [-0.2, -0.15) is 5.10 Å². The summed E-state index contributed by atoms with van der Waals surface area (Å²) >= 11 is 1.62. The molecule has 1 aromatic heterocycles. The summed E-state index contributed by atoms with van der Waals surface area (Å²) < 4.78 is 13.9. The highest BCUT2D eigenvalue weighted by molar-refractivity contribution is 8.00. The van der Waals surface area contributed by atoms with Gasteiger partial charge >= 0.3 is 0 Å². The third kappa shape index (κ3) is 3.72. The van der Waals surface area contributed by atoms with Crippen molar-refractivity contribution in [3.05, 3.63) is 35.0 Å². The summed E-state index contributed by atoms with van der Waals surface area (Å²) in [7, 11) is 1.86. The Morgan fingerprint density at radius 2 is 2.07 bits per heavy atom. The molecule has 1 fully saturated rings. The molecule has 1 aromatic carbocycles. The Bertz CT molecular complexity index is 874. The van der Waals surface area contributed by atoms with Gasteiger partial charge in [0.1, 0.15) is 5.82 Å². The number of ether oxygens (including phenoxy) is 2. The van der Waals surface area contributed by atoms with Crippen LogP contribution in [0.3, 0.4) is 0 Å². The van der Waals surface area contributed by atoms with Gasteiger partial charge in [-0.05, 0) is 57.2 Å². The van der Waals surface area contributed by atoms with Crippen molar-refractivity contribution in [2.75, 3.05) is 17.7 Å². The lowest BCUT2D eigenvalue weighted by atomic mass is 10.0. The number of benzene rings is 1. The minimum Gasteiger partial charge on any atom is -0.490 e. The summed E-state index contributed by atoms with van der Waals surface area (Å²) in [5.41, 5.74) is 3.09. The van der Waals surface area contributed by atoms with Crippen LogP contribution in [-0.4, -0.2) is 34.2 Å². The van der Waals surface area contributed by atoms with E-state index in [1.165, 1.54) is 12.8 Å². The Morgan fingerprint density at radius 3 is 2.82 bits per heavy atom. The molecule has 1 saturated carbocycles. The number of fused-ring (bicyclic) bond motifs is 1. The summed E-state index contributed by atoms with van der Waals surface area (Å²) in [6, 6.07) is 6.18. The molecule has 1 aliphatic carbocycles. The van der Waals surface area contributed by atoms with Crippen molar-refractivity contribution in [2.24, 2.45) is 7.05 Å². The van der Waals surface area contributed by atoms with Crippen molar-refractivity contribution in [1.29, 1.82) is 0 Å². The standard InChI is InChI=1S/C21H27N3O3S/c1-4-26-17-11-14(9-10-16(17)27-15-7-5-6-8-15)20-19-13(2)23-24(3)21(19)22-18(25)12-28-20/h9-11,15,20H,4-8,12H2,1-3H3,(H,22,25)/t20-/m0/s1. The molecular weight excluding hydrogens is 374 g/mol. The number of hydrogen-bond acceptors (Lipinski definition) is 5. The molecule has 4 rings (SSSR count). The van der Waals surface area contributed by atoms with Crippen molar-refractivity contribution in [2.45, 2.75) is 50.9 Å². The van der Waals surface area contributed by atoms with Gasteiger partial charge in [0.05, 0.1) is 29.4 Å². The lowest BCUT2D eigenvalue weighted by molar-refractivity contribution is -0.113. The predicted octanol–water partition coefficient (Wildman–Crippen LogP) is 4.22. The van der Waals surface area contributed by atoms with E-state index in [4.69, 9.17) is 9.47 Å². The van der Waals surface area contributed by atoms with E-state index >= 15 is 0 Å². The van der Waals surface area contributed by atoms with Gasteiger partial charge in [0.2, 0.25) is 5.91 Å². The first-order valence-electron chi connectivity index (χ1n) is 9.95. The first-order chi connectivity index (χ1) is 13.6. The van der Waals surface area contributed by atoms with Gasteiger partial charge in [0.15, 0.2) is 11.5 Å². The third-order valence-electron chi connectivity index (χ3n) is 5.34. The minimum atomic E-state index is 0.00275. The van der Waals surface area contributed by atoms with E-state index in [1.807, 2.05) is 27.0 Å². The second-order valence-corrected chi connectivity index (χ2v) is 8.47. The molecule has 1 N–H and O–H groups in total. The van der Waals surface area contributed by atoms with E-state index < -0.39 is 0 Å². The van der Waals surface area contributed by atoms with Crippen LogP contribution in [0.5, 0.6) is 11.5 Å². The van der Waals surface area contributed by atoms with Crippen molar-refractivity contribution >= 4 is 23.5 Å². The fraction of sp³-hybridized carbons (Fsp3) is 0.524. The number of anilines is 1. The normalized spacial score (nSPS) is 19.8. The zero-order valence-electron chi connectivity index (χ0n) is 16.7. The Kier molecular flexibility index (Phi) is 5.53. The largest absolute Gasteiger partial charge is 0.490 e. The summed E-state index contributed by atoms with van der Waals surface area (Å²) in [6.45, 7) is 4.56. The predicted molar refractivity (Wildman–Crippen MR) is 111 cm³/mol. The van der Waals surface area contributed by atoms with Crippen molar-refractivity contribution in [3.8, 4) is 11.5 Å². The van der Waals surface area contributed by atoms with Crippen LogP contribution in [0.1, 0.15) is 54.7 Å². The fourth-order valence-electron chi connectivity index (χ4n) is 4.05. The molecular formula is C21H27N3O3S. The highest BCUT2D eigenvalue weighted by Gasteiger charge is 2.30. The van der Waals surface area contributed by atoms with Crippen molar-refractivity contribution in [1.82, 2.24) is 9.78 Å². The number of aromatic nitrogens is 2. The zero-order chi connectivity index (χ0) is 19.7. The molecule has 7 heteroatoms. The number of nitrogens with zero attached hydrogens (tertiary/aromatic N) is 2. The van der Waals surface area contributed by atoms with Gasteiger partial charge in [-0.25, -0.2) is 0 Å². The van der Waals surface area contributed by atoms with Crippen LogP contribution in [-0.2, 0) is 11.8 Å². The summed E-state index contributed by atoms with van der Waals surface area (Å²) in [6.07, 6.45) is 4.96. The van der Waals surface area contributed by atoms with Gasteiger partial charge in [-0.15, -0.1) is 11.8 Å². The third-order valence-corrected chi connectivity index (χ3v) is 6.61. The maximum Gasteiger partial charge on any atom is 0.235 e. The monoisotopic (exact) mass is 401 g/mol. The van der Waals surface area contributed by atoms with Gasteiger partial charge in [-0.3, -0.25) is 9.48 Å². The van der Waals surface area contributed by atoms with Crippen LogP contribution in [0.4, 0.5) is 5.82 Å². The van der Waals surface area contributed by atoms with Crippen LogP contribution in [0, 0.1) is 6.92 Å². The maximum absolute atomic E-state index is 12.2. The SMILES string of the molecule is CCOc1cc([C@@H]2SCC(=O)Nc3c2c(C)nn3C)ccc1OC1CCCC1. The van der Waals surface area contributed by atoms with Crippen LogP contribution in [0.15, 0.2) is 18.2 Å². The van der Waals surface area contributed by atoms with Gasteiger partial charge < -0.3 is 14.8 Å². The Morgan fingerprint density at radius 1 is 1.29 bits per heavy atom. The number of thioether (sulfide) groups is 1. The number of carbonyl (C=O) groups excluding carboxylic acids is 1. The second-order valence-electron chi connectivity index (χ2n) is 7.37. The summed E-state index contributed by atoms with van der Waals surface area (Å²) in [5, 5.41) is 7.53. The Labute approximate surface area is 170 Å². The topological polar surface area (TPSA) is 65.4 Å². The van der Waals surface area contributed by atoms with Crippen molar-refractivity contribution < 1.29 is 14.3 Å². The average Bonchev–Trinajstić information content (AvgIpc) is 3.21. The molecule has 28 heavy (non-hydrogen) atoms. The minimum absolute atomic E-state index is 0.00275. The first-order valence-corrected chi connectivity index (χ1v) is 11.0. The van der Waals surface area contributed by atoms with Gasteiger partial charge in [0, 0.05) is 12.6 Å². The van der Waals surface area contributed by atoms with Crippen LogP contribution >= 0.6 is 11.8 Å². The average molecular weight is 402 g/mol. The molecule has 0 bridgehead atoms. The molecule has 150 valence electrons.